The average Bonchev–Trinajstić information content (AvgIpc) is 2.39. The summed E-state index contributed by atoms with van der Waals surface area (Å²) in [4.78, 5) is 24.3. The maximum absolute atomic E-state index is 12.4. The highest BCUT2D eigenvalue weighted by Crippen LogP contribution is 2.29. The van der Waals surface area contributed by atoms with Crippen molar-refractivity contribution in [2.75, 3.05) is 7.11 Å². The van der Waals surface area contributed by atoms with E-state index in [0.29, 0.717) is 10.9 Å². The van der Waals surface area contributed by atoms with E-state index in [4.69, 9.17) is 4.74 Å². The zero-order chi connectivity index (χ0) is 15.1. The van der Waals surface area contributed by atoms with E-state index in [1.807, 2.05) is 12.3 Å². The third-order valence-electron chi connectivity index (χ3n) is 3.42. The number of methoxy groups -OCH3 is 1. The number of nitrogens with zero attached hydrogens (tertiary/aromatic N) is 1. The van der Waals surface area contributed by atoms with Crippen LogP contribution in [-0.4, -0.2) is 17.6 Å². The summed E-state index contributed by atoms with van der Waals surface area (Å²) >= 11 is 0. The Bertz CT molecular complexity index is 736. The number of fused-ring (bicyclic) bond motifs is 1. The number of hydrogen-bond donors (Lipinski definition) is 0. The van der Waals surface area contributed by atoms with Gasteiger partial charge in [0, 0.05) is 13.2 Å². The topological polar surface area (TPSA) is 48.3 Å². The van der Waals surface area contributed by atoms with Crippen LogP contribution in [0.3, 0.4) is 0 Å². The molecule has 1 aromatic carbocycles. The van der Waals surface area contributed by atoms with Gasteiger partial charge in [-0.15, -0.1) is 0 Å². The van der Waals surface area contributed by atoms with Crippen LogP contribution in [-0.2, 0) is 17.2 Å². The van der Waals surface area contributed by atoms with Gasteiger partial charge in [-0.05, 0) is 22.4 Å². The van der Waals surface area contributed by atoms with Gasteiger partial charge in [0.05, 0.1) is 18.1 Å². The van der Waals surface area contributed by atoms with Gasteiger partial charge in [-0.3, -0.25) is 4.79 Å². The third kappa shape index (κ3) is 2.22. The van der Waals surface area contributed by atoms with Crippen LogP contribution in [0.1, 0.15) is 36.7 Å². The van der Waals surface area contributed by atoms with E-state index < -0.39 is 5.97 Å². The van der Waals surface area contributed by atoms with E-state index in [0.717, 1.165) is 10.9 Å². The number of ether oxygens (including phenoxy) is 1. The zero-order valence-electron chi connectivity index (χ0n) is 12.5. The summed E-state index contributed by atoms with van der Waals surface area (Å²) in [6.45, 7) is 6.24. The molecule has 2 rings (SSSR count). The predicted molar refractivity (Wildman–Crippen MR) is 79.2 cm³/mol. The number of benzene rings is 1. The molecule has 4 heteroatoms. The van der Waals surface area contributed by atoms with Crippen molar-refractivity contribution in [2.45, 2.75) is 26.2 Å². The largest absolute Gasteiger partial charge is 0.465 e. The second-order valence-electron chi connectivity index (χ2n) is 5.93. The lowest BCUT2D eigenvalue weighted by Crippen LogP contribution is -2.24. The Labute approximate surface area is 118 Å². The van der Waals surface area contributed by atoms with Crippen molar-refractivity contribution in [3.8, 4) is 0 Å². The molecule has 1 aromatic heterocycles. The summed E-state index contributed by atoms with van der Waals surface area (Å²) in [5, 5.41) is 1.23. The van der Waals surface area contributed by atoms with Crippen LogP contribution in [0.25, 0.3) is 10.8 Å². The fourth-order valence-corrected chi connectivity index (χ4v) is 2.38. The van der Waals surface area contributed by atoms with Crippen molar-refractivity contribution in [3.63, 3.8) is 0 Å². The maximum Gasteiger partial charge on any atom is 0.338 e. The summed E-state index contributed by atoms with van der Waals surface area (Å²) in [7, 11) is 3.02. The van der Waals surface area contributed by atoms with Gasteiger partial charge in [0.1, 0.15) is 0 Å². The van der Waals surface area contributed by atoms with Gasteiger partial charge in [-0.2, -0.15) is 0 Å². The summed E-state index contributed by atoms with van der Waals surface area (Å²) in [6, 6.07) is 5.29. The molecule has 0 radical (unpaired) electrons. The van der Waals surface area contributed by atoms with Crippen LogP contribution >= 0.6 is 0 Å². The molecule has 0 unspecified atom stereocenters. The molecule has 0 amide bonds. The number of hydrogen-bond acceptors (Lipinski definition) is 3. The minimum atomic E-state index is -0.487. The van der Waals surface area contributed by atoms with Gasteiger partial charge >= 0.3 is 5.97 Å². The standard InChI is InChI=1S/C16H19NO3/c1-16(2,3)12-9-17(4)14(18)13-10(12)7-6-8-11(13)15(19)20-5/h6-9H,1-5H3. The molecule has 0 aliphatic heterocycles. The van der Waals surface area contributed by atoms with E-state index >= 15 is 0 Å². The second-order valence-corrected chi connectivity index (χ2v) is 5.93. The number of carbonyl (C=O) groups excluding carboxylic acids is 1. The molecule has 2 aromatic rings. The first-order chi connectivity index (χ1) is 9.27. The van der Waals surface area contributed by atoms with E-state index in [1.54, 1.807) is 19.2 Å². The molecule has 106 valence electrons. The molecule has 0 atom stereocenters. The zero-order valence-corrected chi connectivity index (χ0v) is 12.5. The lowest BCUT2D eigenvalue weighted by molar-refractivity contribution is 0.0603. The van der Waals surface area contributed by atoms with Crippen LogP contribution < -0.4 is 5.56 Å². The van der Waals surface area contributed by atoms with Crippen LogP contribution in [0.15, 0.2) is 29.2 Å². The lowest BCUT2D eigenvalue weighted by atomic mass is 9.84. The number of aromatic nitrogens is 1. The third-order valence-corrected chi connectivity index (χ3v) is 3.42. The quantitative estimate of drug-likeness (QED) is 0.750. The van der Waals surface area contributed by atoms with Crippen molar-refractivity contribution in [3.05, 3.63) is 45.9 Å². The number of pyridine rings is 1. The van der Waals surface area contributed by atoms with Gasteiger partial charge in [-0.25, -0.2) is 4.79 Å². The number of esters is 1. The Kier molecular flexibility index (Phi) is 3.42. The Morgan fingerprint density at radius 3 is 2.45 bits per heavy atom. The fraction of sp³-hybridized carbons (Fsp3) is 0.375. The second kappa shape index (κ2) is 4.78. The molecule has 0 aliphatic carbocycles. The van der Waals surface area contributed by atoms with E-state index in [1.165, 1.54) is 11.7 Å². The number of aryl methyl sites for hydroxylation is 1. The average molecular weight is 273 g/mol. The highest BCUT2D eigenvalue weighted by Gasteiger charge is 2.22. The van der Waals surface area contributed by atoms with Crippen LogP contribution in [0.2, 0.25) is 0 Å². The molecule has 0 aliphatic rings. The first kappa shape index (κ1) is 14.3. The Hall–Kier alpha value is -2.10. The van der Waals surface area contributed by atoms with Crippen molar-refractivity contribution in [1.82, 2.24) is 4.57 Å². The van der Waals surface area contributed by atoms with Crippen molar-refractivity contribution in [1.29, 1.82) is 0 Å². The molecule has 0 saturated carbocycles. The molecule has 0 N–H and O–H groups in total. The number of carbonyl (C=O) groups is 1. The summed E-state index contributed by atoms with van der Waals surface area (Å²) in [5.74, 6) is -0.487. The molecular formula is C16H19NO3. The van der Waals surface area contributed by atoms with Crippen LogP contribution in [0.5, 0.6) is 0 Å². The van der Waals surface area contributed by atoms with Gasteiger partial charge in [0.2, 0.25) is 0 Å². The SMILES string of the molecule is COC(=O)c1cccc2c(C(C)(C)C)cn(C)c(=O)c12. The molecule has 0 spiro atoms. The monoisotopic (exact) mass is 273 g/mol. The smallest absolute Gasteiger partial charge is 0.338 e. The first-order valence-electron chi connectivity index (χ1n) is 6.48. The Morgan fingerprint density at radius 1 is 1.25 bits per heavy atom. The normalized spacial score (nSPS) is 11.7. The van der Waals surface area contributed by atoms with Crippen molar-refractivity contribution < 1.29 is 9.53 Å². The highest BCUT2D eigenvalue weighted by atomic mass is 16.5. The molecule has 4 nitrogen and oxygen atoms in total. The fourth-order valence-electron chi connectivity index (χ4n) is 2.38. The maximum atomic E-state index is 12.4. The van der Waals surface area contributed by atoms with Crippen LogP contribution in [0.4, 0.5) is 0 Å². The molecule has 0 fully saturated rings. The van der Waals surface area contributed by atoms with Crippen LogP contribution in [0, 0.1) is 0 Å². The van der Waals surface area contributed by atoms with Gasteiger partial charge in [0.25, 0.3) is 5.56 Å². The minimum absolute atomic E-state index is 0.127. The summed E-state index contributed by atoms with van der Waals surface area (Å²) in [6.07, 6.45) is 1.84. The lowest BCUT2D eigenvalue weighted by Gasteiger charge is -2.22. The first-order valence-corrected chi connectivity index (χ1v) is 6.48. The Balaban J connectivity index is 3.00. The Morgan fingerprint density at radius 2 is 1.90 bits per heavy atom. The van der Waals surface area contributed by atoms with E-state index in [2.05, 4.69) is 20.8 Å². The van der Waals surface area contributed by atoms with Crippen molar-refractivity contribution >= 4 is 16.7 Å². The highest BCUT2D eigenvalue weighted by molar-refractivity contribution is 6.05. The van der Waals surface area contributed by atoms with Crippen molar-refractivity contribution in [2.24, 2.45) is 7.05 Å². The molecule has 1 heterocycles. The summed E-state index contributed by atoms with van der Waals surface area (Å²) < 4.78 is 6.30. The number of rotatable bonds is 1. The molecule has 0 bridgehead atoms. The van der Waals surface area contributed by atoms with Gasteiger partial charge in [0.15, 0.2) is 0 Å². The summed E-state index contributed by atoms with van der Waals surface area (Å²) in [5.41, 5.74) is 1.03. The van der Waals surface area contributed by atoms with Gasteiger partial charge < -0.3 is 9.30 Å². The molecule has 0 saturated heterocycles. The molecular weight excluding hydrogens is 254 g/mol. The van der Waals surface area contributed by atoms with Gasteiger partial charge in [-0.1, -0.05) is 32.9 Å². The minimum Gasteiger partial charge on any atom is -0.465 e. The van der Waals surface area contributed by atoms with E-state index in [-0.39, 0.29) is 11.0 Å². The predicted octanol–water partition coefficient (Wildman–Crippen LogP) is 2.62. The molecule has 20 heavy (non-hydrogen) atoms. The van der Waals surface area contributed by atoms with E-state index in [9.17, 15) is 9.59 Å².